The Kier molecular flexibility index (Phi) is 5.07. The number of aromatic nitrogens is 5. The van der Waals surface area contributed by atoms with E-state index in [1.807, 2.05) is 12.1 Å². The molecule has 4 aromatic rings. The third-order valence-corrected chi connectivity index (χ3v) is 7.51. The number of H-pyrrole nitrogens is 2. The second kappa shape index (κ2) is 7.71. The van der Waals surface area contributed by atoms with E-state index in [1.165, 1.54) is 28.6 Å². The number of aryl methyl sites for hydroxylation is 2. The zero-order valence-electron chi connectivity index (χ0n) is 15.2. The van der Waals surface area contributed by atoms with Gasteiger partial charge in [0.05, 0.1) is 16.8 Å². The first-order chi connectivity index (χ1) is 14.1. The van der Waals surface area contributed by atoms with Crippen molar-refractivity contribution < 1.29 is 0 Å². The van der Waals surface area contributed by atoms with Crippen LogP contribution in [-0.2, 0) is 18.6 Å². The zero-order chi connectivity index (χ0) is 20.0. The molecule has 0 aliphatic heterocycles. The molecule has 0 fully saturated rings. The van der Waals surface area contributed by atoms with E-state index in [1.54, 1.807) is 28.0 Å². The Hall–Kier alpha value is -1.94. The number of rotatable bonds is 4. The lowest BCUT2D eigenvalue weighted by molar-refractivity contribution is 0.699. The first kappa shape index (κ1) is 19.0. The average molecular weight is 462 g/mol. The van der Waals surface area contributed by atoms with Crippen LogP contribution < -0.4 is 5.56 Å². The van der Waals surface area contributed by atoms with E-state index in [9.17, 15) is 4.79 Å². The largest absolute Gasteiger partial charge is 0.285 e. The van der Waals surface area contributed by atoms with Crippen LogP contribution in [0.25, 0.3) is 15.9 Å². The number of nitrogens with zero attached hydrogens (tertiary/aromatic N) is 3. The molecule has 10 heteroatoms. The van der Waals surface area contributed by atoms with Crippen LogP contribution in [0, 0.1) is 4.77 Å². The molecule has 1 aliphatic rings. The summed E-state index contributed by atoms with van der Waals surface area (Å²) in [5.41, 5.74) is 1.92. The van der Waals surface area contributed by atoms with Gasteiger partial charge in [0.15, 0.2) is 5.16 Å². The third kappa shape index (κ3) is 3.56. The molecule has 0 atom stereocenters. The molecular formula is C19H16ClN5OS3. The standard InChI is InChI=1S/C19H16ClN5OS3/c20-10-5-7-11(8-6-10)25-17(26)15-12-3-1-2-4-13(12)29-16(15)22-19(25)28-9-14-21-18(27)24-23-14/h5-8H,1-4,9H2,(H2,21,23,24,27). The van der Waals surface area contributed by atoms with Crippen molar-refractivity contribution in [2.75, 3.05) is 0 Å². The molecule has 0 radical (unpaired) electrons. The fourth-order valence-corrected chi connectivity index (χ4v) is 6.08. The van der Waals surface area contributed by atoms with Crippen LogP contribution in [-0.4, -0.2) is 24.7 Å². The van der Waals surface area contributed by atoms with Gasteiger partial charge in [0, 0.05) is 9.90 Å². The lowest BCUT2D eigenvalue weighted by Crippen LogP contribution is -2.22. The maximum Gasteiger partial charge on any atom is 0.267 e. The maximum absolute atomic E-state index is 13.6. The van der Waals surface area contributed by atoms with Crippen LogP contribution in [0.15, 0.2) is 34.2 Å². The van der Waals surface area contributed by atoms with Gasteiger partial charge in [0.1, 0.15) is 10.7 Å². The predicted molar refractivity (Wildman–Crippen MR) is 120 cm³/mol. The highest BCUT2D eigenvalue weighted by molar-refractivity contribution is 7.98. The molecule has 1 aromatic carbocycles. The van der Waals surface area contributed by atoms with Gasteiger partial charge < -0.3 is 0 Å². The van der Waals surface area contributed by atoms with Crippen LogP contribution in [0.2, 0.25) is 5.02 Å². The second-order valence-corrected chi connectivity index (χ2v) is 9.65. The molecule has 148 valence electrons. The predicted octanol–water partition coefficient (Wildman–Crippen LogP) is 5.05. The molecule has 1 aliphatic carbocycles. The number of nitrogens with one attached hydrogen (secondary N) is 2. The van der Waals surface area contributed by atoms with Gasteiger partial charge >= 0.3 is 0 Å². The summed E-state index contributed by atoms with van der Waals surface area (Å²) in [5, 5.41) is 7.76. The Morgan fingerprint density at radius 1 is 1.17 bits per heavy atom. The van der Waals surface area contributed by atoms with Crippen LogP contribution in [0.1, 0.15) is 29.1 Å². The third-order valence-electron chi connectivity index (χ3n) is 4.93. The molecule has 0 spiro atoms. The highest BCUT2D eigenvalue weighted by Gasteiger charge is 2.23. The van der Waals surface area contributed by atoms with E-state index < -0.39 is 0 Å². The number of hydrogen-bond acceptors (Lipinski definition) is 6. The quantitative estimate of drug-likeness (QED) is 0.252. The smallest absolute Gasteiger partial charge is 0.267 e. The summed E-state index contributed by atoms with van der Waals surface area (Å²) in [7, 11) is 0. The topological polar surface area (TPSA) is 79.4 Å². The molecule has 6 nitrogen and oxygen atoms in total. The molecule has 29 heavy (non-hydrogen) atoms. The summed E-state index contributed by atoms with van der Waals surface area (Å²) < 4.78 is 2.09. The lowest BCUT2D eigenvalue weighted by Gasteiger charge is -2.13. The van der Waals surface area contributed by atoms with E-state index in [4.69, 9.17) is 28.8 Å². The molecule has 0 unspecified atom stereocenters. The van der Waals surface area contributed by atoms with Gasteiger partial charge in [0.2, 0.25) is 4.77 Å². The summed E-state index contributed by atoms with van der Waals surface area (Å²) in [6.45, 7) is 0. The first-order valence-electron chi connectivity index (χ1n) is 9.20. The molecule has 2 N–H and O–H groups in total. The van der Waals surface area contributed by atoms with E-state index in [0.29, 0.717) is 26.5 Å². The minimum absolute atomic E-state index is 0.0193. The van der Waals surface area contributed by atoms with E-state index in [2.05, 4.69) is 15.2 Å². The van der Waals surface area contributed by atoms with Gasteiger partial charge in [-0.3, -0.25) is 19.6 Å². The van der Waals surface area contributed by atoms with Crippen molar-refractivity contribution in [1.29, 1.82) is 0 Å². The van der Waals surface area contributed by atoms with Gasteiger partial charge in [-0.05, 0) is 67.7 Å². The summed E-state index contributed by atoms with van der Waals surface area (Å²) in [4.78, 5) is 24.9. The van der Waals surface area contributed by atoms with Gasteiger partial charge in [0.25, 0.3) is 5.56 Å². The lowest BCUT2D eigenvalue weighted by atomic mass is 9.97. The van der Waals surface area contributed by atoms with Crippen molar-refractivity contribution in [3.05, 3.63) is 60.7 Å². The molecule has 0 amide bonds. The highest BCUT2D eigenvalue weighted by Crippen LogP contribution is 2.35. The molecule has 0 bridgehead atoms. The molecule has 5 rings (SSSR count). The van der Waals surface area contributed by atoms with E-state index >= 15 is 0 Å². The van der Waals surface area contributed by atoms with Gasteiger partial charge in [-0.1, -0.05) is 23.4 Å². The van der Waals surface area contributed by atoms with Crippen LogP contribution >= 0.6 is 46.9 Å². The first-order valence-corrected chi connectivity index (χ1v) is 11.8. The van der Waals surface area contributed by atoms with Crippen molar-refractivity contribution in [2.24, 2.45) is 0 Å². The number of aromatic amines is 2. The molecule has 0 saturated carbocycles. The van der Waals surface area contributed by atoms with Crippen LogP contribution in [0.4, 0.5) is 0 Å². The monoisotopic (exact) mass is 461 g/mol. The van der Waals surface area contributed by atoms with Gasteiger partial charge in [-0.2, -0.15) is 0 Å². The minimum atomic E-state index is -0.0193. The fraction of sp³-hybridized carbons (Fsp3) is 0.263. The van der Waals surface area contributed by atoms with E-state index in [-0.39, 0.29) is 5.56 Å². The van der Waals surface area contributed by atoms with Crippen LogP contribution in [0.3, 0.4) is 0 Å². The summed E-state index contributed by atoms with van der Waals surface area (Å²) in [6, 6.07) is 7.27. The normalized spacial score (nSPS) is 13.7. The van der Waals surface area contributed by atoms with Crippen molar-refractivity contribution in [2.45, 2.75) is 36.6 Å². The summed E-state index contributed by atoms with van der Waals surface area (Å²) in [6.07, 6.45) is 4.27. The SMILES string of the molecule is O=c1c2c3c(sc2nc(SCc2nc(=S)[nH][nH]2)n1-c1ccc(Cl)cc1)CCCC3. The second-order valence-electron chi connectivity index (χ2n) is 6.80. The molecule has 0 saturated heterocycles. The number of hydrogen-bond donors (Lipinski definition) is 2. The highest BCUT2D eigenvalue weighted by atomic mass is 35.5. The van der Waals surface area contributed by atoms with Crippen molar-refractivity contribution in [3.63, 3.8) is 0 Å². The Morgan fingerprint density at radius 3 is 2.72 bits per heavy atom. The zero-order valence-corrected chi connectivity index (χ0v) is 18.4. The Labute approximate surface area is 184 Å². The summed E-state index contributed by atoms with van der Waals surface area (Å²) >= 11 is 14.2. The Morgan fingerprint density at radius 2 is 1.97 bits per heavy atom. The number of thioether (sulfide) groups is 1. The number of thiophene rings is 1. The number of fused-ring (bicyclic) bond motifs is 3. The van der Waals surface area contributed by atoms with Crippen LogP contribution in [0.5, 0.6) is 0 Å². The molecular weight excluding hydrogens is 446 g/mol. The molecule has 3 aromatic heterocycles. The maximum atomic E-state index is 13.6. The fourth-order valence-electron chi connectivity index (χ4n) is 3.61. The van der Waals surface area contributed by atoms with Crippen molar-refractivity contribution in [1.82, 2.24) is 24.7 Å². The van der Waals surface area contributed by atoms with Gasteiger partial charge in [-0.15, -0.1) is 11.3 Å². The van der Waals surface area contributed by atoms with E-state index in [0.717, 1.165) is 35.2 Å². The molecule has 3 heterocycles. The minimum Gasteiger partial charge on any atom is -0.285 e. The average Bonchev–Trinajstić information content (AvgIpc) is 3.30. The summed E-state index contributed by atoms with van der Waals surface area (Å²) in [5.74, 6) is 1.23. The Balaban J connectivity index is 1.68. The van der Waals surface area contributed by atoms with Crippen molar-refractivity contribution >= 4 is 57.1 Å². The number of halogens is 1. The Bertz CT molecular complexity index is 1320. The van der Waals surface area contributed by atoms with Gasteiger partial charge in [-0.25, -0.2) is 9.97 Å². The van der Waals surface area contributed by atoms with Crippen molar-refractivity contribution in [3.8, 4) is 5.69 Å². The number of benzene rings is 1.